The van der Waals surface area contributed by atoms with Gasteiger partial charge in [0.25, 0.3) is 0 Å². The molecule has 96 valence electrons. The van der Waals surface area contributed by atoms with E-state index in [1.54, 1.807) is 6.07 Å². The van der Waals surface area contributed by atoms with Gasteiger partial charge >= 0.3 is 0 Å². The molecule has 0 amide bonds. The summed E-state index contributed by atoms with van der Waals surface area (Å²) in [4.78, 5) is 12.2. The van der Waals surface area contributed by atoms with Crippen LogP contribution in [-0.2, 0) is 6.42 Å². The second-order valence-electron chi connectivity index (χ2n) is 4.97. The van der Waals surface area contributed by atoms with E-state index in [4.69, 9.17) is 0 Å². The van der Waals surface area contributed by atoms with Crippen molar-refractivity contribution in [3.8, 4) is 11.1 Å². The molecular weight excluding hydrogens is 246 g/mol. The molecule has 3 rings (SSSR count). The Morgan fingerprint density at radius 1 is 1.11 bits per heavy atom. The maximum absolute atomic E-state index is 13.3. The maximum atomic E-state index is 13.3. The molecule has 2 aromatic carbocycles. The molecule has 0 saturated carbocycles. The monoisotopic (exact) mass is 258 g/mol. The molecule has 0 radical (unpaired) electrons. The van der Waals surface area contributed by atoms with Crippen LogP contribution in [-0.4, -0.2) is 5.78 Å². The van der Waals surface area contributed by atoms with E-state index < -0.39 is 11.6 Å². The second kappa shape index (κ2) is 4.26. The fourth-order valence-electron chi connectivity index (χ4n) is 2.68. The summed E-state index contributed by atoms with van der Waals surface area (Å²) in [5.41, 5.74) is 2.60. The lowest BCUT2D eigenvalue weighted by Gasteiger charge is -2.08. The van der Waals surface area contributed by atoms with E-state index in [1.807, 2.05) is 19.1 Å². The Morgan fingerprint density at radius 2 is 1.79 bits per heavy atom. The first-order chi connectivity index (χ1) is 9.06. The minimum atomic E-state index is -0.633. The molecule has 0 bridgehead atoms. The van der Waals surface area contributed by atoms with Crippen LogP contribution >= 0.6 is 0 Å². The molecule has 0 heterocycles. The van der Waals surface area contributed by atoms with Crippen molar-refractivity contribution in [3.05, 3.63) is 59.2 Å². The fourth-order valence-corrected chi connectivity index (χ4v) is 2.68. The van der Waals surface area contributed by atoms with Crippen molar-refractivity contribution in [1.82, 2.24) is 0 Å². The number of ketones is 1. The van der Waals surface area contributed by atoms with Crippen LogP contribution in [0.4, 0.5) is 8.78 Å². The number of benzene rings is 2. The Labute approximate surface area is 109 Å². The van der Waals surface area contributed by atoms with E-state index in [-0.39, 0.29) is 11.7 Å². The lowest BCUT2D eigenvalue weighted by molar-refractivity contribution is 0.0947. The van der Waals surface area contributed by atoms with Gasteiger partial charge in [-0.3, -0.25) is 4.79 Å². The van der Waals surface area contributed by atoms with E-state index >= 15 is 0 Å². The number of carbonyl (C=O) groups is 1. The molecule has 1 aliphatic carbocycles. The molecule has 1 unspecified atom stereocenters. The first-order valence-corrected chi connectivity index (χ1v) is 6.19. The van der Waals surface area contributed by atoms with Crippen LogP contribution in [0, 0.1) is 17.6 Å². The summed E-state index contributed by atoms with van der Waals surface area (Å²) in [5, 5.41) is 0. The zero-order chi connectivity index (χ0) is 13.6. The summed E-state index contributed by atoms with van der Waals surface area (Å²) in [7, 11) is 0. The molecule has 0 spiro atoms. The highest BCUT2D eigenvalue weighted by Gasteiger charge is 2.29. The lowest BCUT2D eigenvalue weighted by atomic mass is 9.96. The predicted molar refractivity (Wildman–Crippen MR) is 69.0 cm³/mol. The van der Waals surface area contributed by atoms with E-state index in [0.717, 1.165) is 11.6 Å². The van der Waals surface area contributed by atoms with Crippen LogP contribution in [0.5, 0.6) is 0 Å². The van der Waals surface area contributed by atoms with Crippen molar-refractivity contribution >= 4 is 5.78 Å². The van der Waals surface area contributed by atoms with E-state index in [2.05, 4.69) is 0 Å². The van der Waals surface area contributed by atoms with Crippen LogP contribution in [0.15, 0.2) is 36.4 Å². The Kier molecular flexibility index (Phi) is 2.70. The highest BCUT2D eigenvalue weighted by molar-refractivity contribution is 6.07. The van der Waals surface area contributed by atoms with Gasteiger partial charge in [0.15, 0.2) is 5.78 Å². The zero-order valence-corrected chi connectivity index (χ0v) is 10.4. The topological polar surface area (TPSA) is 17.1 Å². The molecule has 3 heteroatoms. The van der Waals surface area contributed by atoms with Crippen molar-refractivity contribution in [2.45, 2.75) is 13.3 Å². The van der Waals surface area contributed by atoms with Crippen LogP contribution in [0.1, 0.15) is 22.8 Å². The molecular formula is C16H12F2O. The number of rotatable bonds is 1. The molecule has 0 aliphatic heterocycles. The minimum absolute atomic E-state index is 0.0512. The quantitative estimate of drug-likeness (QED) is 0.755. The van der Waals surface area contributed by atoms with Gasteiger partial charge in [-0.25, -0.2) is 8.78 Å². The molecule has 2 aromatic rings. The van der Waals surface area contributed by atoms with Gasteiger partial charge in [0, 0.05) is 17.5 Å². The largest absolute Gasteiger partial charge is 0.294 e. The lowest BCUT2D eigenvalue weighted by Crippen LogP contribution is -2.04. The third kappa shape index (κ3) is 1.95. The Morgan fingerprint density at radius 3 is 2.47 bits per heavy atom. The zero-order valence-electron chi connectivity index (χ0n) is 10.4. The van der Waals surface area contributed by atoms with Crippen LogP contribution in [0.25, 0.3) is 11.1 Å². The van der Waals surface area contributed by atoms with Crippen molar-refractivity contribution in [2.75, 3.05) is 0 Å². The van der Waals surface area contributed by atoms with Gasteiger partial charge < -0.3 is 0 Å². The predicted octanol–water partition coefficient (Wildman–Crippen LogP) is 4.01. The van der Waals surface area contributed by atoms with E-state index in [1.165, 1.54) is 12.1 Å². The minimum Gasteiger partial charge on any atom is -0.294 e. The highest BCUT2D eigenvalue weighted by atomic mass is 19.1. The average molecular weight is 258 g/mol. The number of hydrogen-bond donors (Lipinski definition) is 0. The fraction of sp³-hybridized carbons (Fsp3) is 0.188. The van der Waals surface area contributed by atoms with E-state index in [0.29, 0.717) is 23.1 Å². The number of fused-ring (bicyclic) bond motifs is 1. The number of halogens is 2. The molecule has 1 nitrogen and oxygen atoms in total. The summed E-state index contributed by atoms with van der Waals surface area (Å²) >= 11 is 0. The SMILES string of the molecule is CC1Cc2cccc(-c3cc(F)cc(F)c3)c2C1=O. The highest BCUT2D eigenvalue weighted by Crippen LogP contribution is 2.35. The Bertz CT molecular complexity index is 656. The maximum Gasteiger partial charge on any atom is 0.166 e. The molecule has 0 saturated heterocycles. The molecule has 1 aliphatic rings. The van der Waals surface area contributed by atoms with E-state index in [9.17, 15) is 13.6 Å². The van der Waals surface area contributed by atoms with Crippen molar-refractivity contribution < 1.29 is 13.6 Å². The summed E-state index contributed by atoms with van der Waals surface area (Å²) in [6, 6.07) is 8.81. The molecule has 0 aromatic heterocycles. The van der Waals surface area contributed by atoms with Crippen molar-refractivity contribution in [1.29, 1.82) is 0 Å². The first kappa shape index (κ1) is 12.0. The summed E-state index contributed by atoms with van der Waals surface area (Å²) in [5.74, 6) is -1.28. The number of Topliss-reactive ketones (excluding diaryl/α,β-unsaturated/α-hetero) is 1. The summed E-state index contributed by atoms with van der Waals surface area (Å²) < 4.78 is 26.6. The standard InChI is InChI=1S/C16H12F2O/c1-9-5-10-3-2-4-14(15(10)16(9)19)11-6-12(17)8-13(18)7-11/h2-4,6-9H,5H2,1H3. The molecule has 19 heavy (non-hydrogen) atoms. The Balaban J connectivity index is 2.23. The van der Waals surface area contributed by atoms with Gasteiger partial charge in [0.1, 0.15) is 11.6 Å². The van der Waals surface area contributed by atoms with Crippen LogP contribution in [0.3, 0.4) is 0 Å². The Hall–Kier alpha value is -2.03. The van der Waals surface area contributed by atoms with Crippen LogP contribution in [0.2, 0.25) is 0 Å². The van der Waals surface area contributed by atoms with Gasteiger partial charge in [-0.1, -0.05) is 25.1 Å². The summed E-state index contributed by atoms with van der Waals surface area (Å²) in [6.07, 6.45) is 0.694. The normalized spacial score (nSPS) is 17.6. The van der Waals surface area contributed by atoms with Gasteiger partial charge in [0.05, 0.1) is 0 Å². The average Bonchev–Trinajstić information content (AvgIpc) is 2.64. The van der Waals surface area contributed by atoms with Gasteiger partial charge in [-0.2, -0.15) is 0 Å². The molecule has 0 N–H and O–H groups in total. The van der Waals surface area contributed by atoms with Gasteiger partial charge in [-0.05, 0) is 35.2 Å². The van der Waals surface area contributed by atoms with Crippen molar-refractivity contribution in [3.63, 3.8) is 0 Å². The van der Waals surface area contributed by atoms with Crippen LogP contribution < -0.4 is 0 Å². The number of carbonyl (C=O) groups excluding carboxylic acids is 1. The number of hydrogen-bond acceptors (Lipinski definition) is 1. The third-order valence-corrected chi connectivity index (χ3v) is 3.54. The van der Waals surface area contributed by atoms with Gasteiger partial charge in [-0.15, -0.1) is 0 Å². The molecule has 1 atom stereocenters. The van der Waals surface area contributed by atoms with Gasteiger partial charge in [0.2, 0.25) is 0 Å². The van der Waals surface area contributed by atoms with Crippen molar-refractivity contribution in [2.24, 2.45) is 5.92 Å². The third-order valence-electron chi connectivity index (χ3n) is 3.54. The molecule has 0 fully saturated rings. The second-order valence-corrected chi connectivity index (χ2v) is 4.97. The first-order valence-electron chi connectivity index (χ1n) is 6.19. The summed E-state index contributed by atoms with van der Waals surface area (Å²) in [6.45, 7) is 1.87. The smallest absolute Gasteiger partial charge is 0.166 e.